The Kier molecular flexibility index (Phi) is 7.38. The van der Waals surface area contributed by atoms with Crippen LogP contribution in [-0.4, -0.2) is 15.0 Å². The summed E-state index contributed by atoms with van der Waals surface area (Å²) >= 11 is 0. The van der Waals surface area contributed by atoms with Crippen LogP contribution in [0.25, 0.3) is 78.3 Å². The Bertz CT molecular complexity index is 2530. The van der Waals surface area contributed by atoms with E-state index in [1.807, 2.05) is 60.7 Å². The molecule has 248 valence electrons. The van der Waals surface area contributed by atoms with E-state index in [2.05, 4.69) is 103 Å². The molecular formula is C49H37N3. The molecule has 0 amide bonds. The summed E-state index contributed by atoms with van der Waals surface area (Å²) < 4.78 is 0. The molecule has 8 aromatic rings. The fraction of sp³-hybridized carbons (Fsp3) is 0.122. The fourth-order valence-corrected chi connectivity index (χ4v) is 8.86. The molecule has 0 aliphatic heterocycles. The van der Waals surface area contributed by atoms with Gasteiger partial charge in [0.1, 0.15) is 0 Å². The maximum atomic E-state index is 4.94. The van der Waals surface area contributed by atoms with Gasteiger partial charge in [0.15, 0.2) is 17.5 Å². The second-order valence-corrected chi connectivity index (χ2v) is 14.3. The first-order chi connectivity index (χ1) is 25.7. The molecule has 1 spiro atoms. The SMILES string of the molecule is c1ccc(-c2nc(-c3ccccc3)nc(-c3ccc(-c4ccc(-c5ccc6c(c5)C5(CCCCC5)c5ccccc5-6)c5ccccc45)cc3)n2)cc1. The first-order valence-corrected chi connectivity index (χ1v) is 18.5. The standard InChI is InChI=1S/C49H37N3/c1-4-14-34(15-5-1)46-50-47(35-16-6-2-7-17-35)52-48(51-46)36-24-22-33(23-25-36)38-28-29-39(41-19-9-8-18-40(38)41)37-26-27-43-42-20-10-11-21-44(42)49(45(43)32-37)30-12-3-13-31-49/h1-2,4-11,14-29,32H,3,12-13,30-31H2. The van der Waals surface area contributed by atoms with E-state index in [9.17, 15) is 0 Å². The maximum Gasteiger partial charge on any atom is 0.164 e. The number of benzene rings is 7. The Morgan fingerprint density at radius 1 is 0.327 bits per heavy atom. The number of hydrogen-bond acceptors (Lipinski definition) is 3. The third-order valence-corrected chi connectivity index (χ3v) is 11.4. The molecule has 0 radical (unpaired) electrons. The summed E-state index contributed by atoms with van der Waals surface area (Å²) in [7, 11) is 0. The molecule has 2 aliphatic rings. The van der Waals surface area contributed by atoms with Gasteiger partial charge in [0, 0.05) is 22.1 Å². The van der Waals surface area contributed by atoms with Gasteiger partial charge in [0.05, 0.1) is 0 Å². The average Bonchev–Trinajstić information content (AvgIpc) is 3.49. The van der Waals surface area contributed by atoms with Crippen molar-refractivity contribution in [2.24, 2.45) is 0 Å². The molecule has 10 rings (SSSR count). The third-order valence-electron chi connectivity index (χ3n) is 11.4. The predicted octanol–water partition coefficient (Wildman–Crippen LogP) is 12.6. The van der Waals surface area contributed by atoms with Crippen molar-refractivity contribution in [3.8, 4) is 67.5 Å². The van der Waals surface area contributed by atoms with Gasteiger partial charge >= 0.3 is 0 Å². The predicted molar refractivity (Wildman–Crippen MR) is 214 cm³/mol. The zero-order valence-corrected chi connectivity index (χ0v) is 29.0. The number of nitrogens with zero attached hydrogens (tertiary/aromatic N) is 3. The summed E-state index contributed by atoms with van der Waals surface area (Å²) in [5, 5.41) is 2.52. The van der Waals surface area contributed by atoms with E-state index in [1.165, 1.54) is 81.8 Å². The van der Waals surface area contributed by atoms with Gasteiger partial charge in [-0.3, -0.25) is 0 Å². The molecule has 1 saturated carbocycles. The van der Waals surface area contributed by atoms with Crippen LogP contribution in [0.4, 0.5) is 0 Å². The Balaban J connectivity index is 1.04. The summed E-state index contributed by atoms with van der Waals surface area (Å²) in [6.45, 7) is 0. The summed E-state index contributed by atoms with van der Waals surface area (Å²) in [4.78, 5) is 14.8. The fourth-order valence-electron chi connectivity index (χ4n) is 8.86. The van der Waals surface area contributed by atoms with Gasteiger partial charge in [0.25, 0.3) is 0 Å². The van der Waals surface area contributed by atoms with E-state index in [4.69, 9.17) is 15.0 Å². The molecule has 1 heterocycles. The van der Waals surface area contributed by atoms with Crippen molar-refractivity contribution in [2.45, 2.75) is 37.5 Å². The summed E-state index contributed by atoms with van der Waals surface area (Å²) in [5.41, 5.74) is 13.9. The van der Waals surface area contributed by atoms with Crippen LogP contribution < -0.4 is 0 Å². The molecule has 0 atom stereocenters. The van der Waals surface area contributed by atoms with Gasteiger partial charge in [-0.05, 0) is 74.2 Å². The minimum Gasteiger partial charge on any atom is -0.208 e. The van der Waals surface area contributed by atoms with Gasteiger partial charge in [-0.2, -0.15) is 0 Å². The average molecular weight is 668 g/mol. The molecule has 0 bridgehead atoms. The van der Waals surface area contributed by atoms with Crippen molar-refractivity contribution >= 4 is 10.8 Å². The van der Waals surface area contributed by atoms with Gasteiger partial charge in [-0.15, -0.1) is 0 Å². The zero-order chi connectivity index (χ0) is 34.5. The zero-order valence-electron chi connectivity index (χ0n) is 29.0. The highest BCUT2D eigenvalue weighted by atomic mass is 15.0. The van der Waals surface area contributed by atoms with Crippen molar-refractivity contribution in [1.82, 2.24) is 15.0 Å². The van der Waals surface area contributed by atoms with Crippen LogP contribution >= 0.6 is 0 Å². The highest BCUT2D eigenvalue weighted by molar-refractivity contribution is 6.05. The third kappa shape index (κ3) is 5.07. The van der Waals surface area contributed by atoms with Crippen molar-refractivity contribution in [3.05, 3.63) is 175 Å². The van der Waals surface area contributed by atoms with E-state index in [0.717, 1.165) is 22.3 Å². The minimum atomic E-state index is 0.139. The van der Waals surface area contributed by atoms with Gasteiger partial charge in [0.2, 0.25) is 0 Å². The lowest BCUT2D eigenvalue weighted by Gasteiger charge is -2.36. The molecule has 0 saturated heterocycles. The number of rotatable bonds is 5. The largest absolute Gasteiger partial charge is 0.208 e. The van der Waals surface area contributed by atoms with Crippen molar-refractivity contribution in [1.29, 1.82) is 0 Å². The second kappa shape index (κ2) is 12.5. The molecule has 1 aromatic heterocycles. The molecule has 3 nitrogen and oxygen atoms in total. The molecule has 52 heavy (non-hydrogen) atoms. The molecule has 0 N–H and O–H groups in total. The van der Waals surface area contributed by atoms with Crippen LogP contribution in [0.1, 0.15) is 43.2 Å². The molecular weight excluding hydrogens is 631 g/mol. The first-order valence-electron chi connectivity index (χ1n) is 18.5. The summed E-state index contributed by atoms with van der Waals surface area (Å²) in [5.74, 6) is 1.99. The van der Waals surface area contributed by atoms with Crippen LogP contribution in [0, 0.1) is 0 Å². The Hall–Kier alpha value is -6.19. The van der Waals surface area contributed by atoms with Gasteiger partial charge in [-0.25, -0.2) is 15.0 Å². The van der Waals surface area contributed by atoms with E-state index < -0.39 is 0 Å². The highest BCUT2D eigenvalue weighted by Crippen LogP contribution is 2.56. The maximum absolute atomic E-state index is 4.94. The van der Waals surface area contributed by atoms with Crippen LogP contribution in [0.15, 0.2) is 164 Å². The van der Waals surface area contributed by atoms with Crippen molar-refractivity contribution < 1.29 is 0 Å². The van der Waals surface area contributed by atoms with Gasteiger partial charge < -0.3 is 0 Å². The summed E-state index contributed by atoms with van der Waals surface area (Å²) in [6, 6.07) is 58.8. The van der Waals surface area contributed by atoms with E-state index in [0.29, 0.717) is 17.5 Å². The highest BCUT2D eigenvalue weighted by Gasteiger charge is 2.43. The number of fused-ring (bicyclic) bond motifs is 6. The summed E-state index contributed by atoms with van der Waals surface area (Å²) in [6.07, 6.45) is 6.41. The van der Waals surface area contributed by atoms with Crippen LogP contribution in [0.5, 0.6) is 0 Å². The lowest BCUT2D eigenvalue weighted by Crippen LogP contribution is -2.28. The molecule has 1 fully saturated rings. The number of aromatic nitrogens is 3. The molecule has 7 aromatic carbocycles. The Morgan fingerprint density at radius 3 is 1.38 bits per heavy atom. The van der Waals surface area contributed by atoms with E-state index in [1.54, 1.807) is 0 Å². The topological polar surface area (TPSA) is 38.7 Å². The normalized spacial score (nSPS) is 14.3. The van der Waals surface area contributed by atoms with Crippen LogP contribution in [0.2, 0.25) is 0 Å². The molecule has 0 unspecified atom stereocenters. The number of hydrogen-bond donors (Lipinski definition) is 0. The second-order valence-electron chi connectivity index (χ2n) is 14.3. The first kappa shape index (κ1) is 30.6. The minimum absolute atomic E-state index is 0.139. The lowest BCUT2D eigenvalue weighted by molar-refractivity contribution is 0.353. The van der Waals surface area contributed by atoms with Crippen LogP contribution in [-0.2, 0) is 5.41 Å². The van der Waals surface area contributed by atoms with Crippen molar-refractivity contribution in [2.75, 3.05) is 0 Å². The van der Waals surface area contributed by atoms with E-state index in [-0.39, 0.29) is 5.41 Å². The van der Waals surface area contributed by atoms with Crippen LogP contribution in [0.3, 0.4) is 0 Å². The smallest absolute Gasteiger partial charge is 0.164 e. The lowest BCUT2D eigenvalue weighted by atomic mass is 9.67. The Labute approximate surface area is 304 Å². The Morgan fingerprint density at radius 2 is 0.769 bits per heavy atom. The van der Waals surface area contributed by atoms with Crippen molar-refractivity contribution in [3.63, 3.8) is 0 Å². The van der Waals surface area contributed by atoms with Gasteiger partial charge in [-0.1, -0.05) is 177 Å². The quantitative estimate of drug-likeness (QED) is 0.183. The van der Waals surface area contributed by atoms with E-state index >= 15 is 0 Å². The monoisotopic (exact) mass is 667 g/mol. The molecule has 2 aliphatic carbocycles. The molecule has 3 heteroatoms.